The predicted octanol–water partition coefficient (Wildman–Crippen LogP) is 2.52. The molecular weight excluding hydrogens is 543 g/mol. The van der Waals surface area contributed by atoms with E-state index in [1.807, 2.05) is 11.0 Å². The zero-order valence-corrected chi connectivity index (χ0v) is 23.5. The van der Waals surface area contributed by atoms with Crippen LogP contribution in [0.4, 0.5) is 23.8 Å². The minimum absolute atomic E-state index is 0.00961. The van der Waals surface area contributed by atoms with E-state index in [4.69, 9.17) is 9.47 Å². The van der Waals surface area contributed by atoms with E-state index in [-0.39, 0.29) is 49.0 Å². The van der Waals surface area contributed by atoms with E-state index in [0.717, 1.165) is 11.4 Å². The molecule has 1 saturated heterocycles. The summed E-state index contributed by atoms with van der Waals surface area (Å²) in [6.45, 7) is 2.47. The fourth-order valence-electron chi connectivity index (χ4n) is 6.66. The van der Waals surface area contributed by atoms with Crippen LogP contribution in [0.2, 0.25) is 0 Å². The van der Waals surface area contributed by atoms with Crippen LogP contribution in [-0.2, 0) is 14.3 Å². The molecule has 6 unspecified atom stereocenters. The number of amidine groups is 1. The molecule has 1 aromatic heterocycles. The van der Waals surface area contributed by atoms with Gasteiger partial charge in [0.25, 0.3) is 0 Å². The van der Waals surface area contributed by atoms with Crippen LogP contribution in [0, 0.1) is 11.8 Å². The summed E-state index contributed by atoms with van der Waals surface area (Å²) in [7, 11) is 3.23. The summed E-state index contributed by atoms with van der Waals surface area (Å²) in [5.74, 6) is -1.28. The predicted molar refractivity (Wildman–Crippen MR) is 146 cm³/mol. The van der Waals surface area contributed by atoms with Crippen molar-refractivity contribution in [2.75, 3.05) is 52.4 Å². The first kappa shape index (κ1) is 29.6. The molecule has 0 spiro atoms. The number of hydrogen-bond donors (Lipinski definition) is 4. The number of ether oxygens (including phenoxy) is 2. The lowest BCUT2D eigenvalue weighted by atomic mass is 9.76. The summed E-state index contributed by atoms with van der Waals surface area (Å²) in [5, 5.41) is 9.18. The van der Waals surface area contributed by atoms with Gasteiger partial charge in [0.15, 0.2) is 0 Å². The van der Waals surface area contributed by atoms with Crippen molar-refractivity contribution in [3.63, 3.8) is 0 Å². The maximum atomic E-state index is 13.9. The van der Waals surface area contributed by atoms with Crippen molar-refractivity contribution >= 4 is 23.6 Å². The van der Waals surface area contributed by atoms with Gasteiger partial charge in [0.1, 0.15) is 18.3 Å². The van der Waals surface area contributed by atoms with Crippen LogP contribution in [0.1, 0.15) is 44.1 Å². The van der Waals surface area contributed by atoms with Gasteiger partial charge in [-0.15, -0.1) is 0 Å². The number of nitrogens with zero attached hydrogens (tertiary/aromatic N) is 3. The van der Waals surface area contributed by atoms with Crippen LogP contribution in [0.3, 0.4) is 0 Å². The van der Waals surface area contributed by atoms with E-state index >= 15 is 0 Å². The van der Waals surface area contributed by atoms with Gasteiger partial charge in [0.05, 0.1) is 30.8 Å². The van der Waals surface area contributed by atoms with E-state index in [1.165, 1.54) is 4.90 Å². The third-order valence-electron chi connectivity index (χ3n) is 8.84. The van der Waals surface area contributed by atoms with Crippen molar-refractivity contribution in [1.82, 2.24) is 25.4 Å². The van der Waals surface area contributed by atoms with Crippen LogP contribution < -0.4 is 16.0 Å². The Morgan fingerprint density at radius 3 is 2.54 bits per heavy atom. The molecule has 4 N–H and O–H groups in total. The lowest BCUT2D eigenvalue weighted by Gasteiger charge is -2.43. The van der Waals surface area contributed by atoms with Crippen molar-refractivity contribution in [3.05, 3.63) is 17.8 Å². The molecule has 2 aliphatic heterocycles. The van der Waals surface area contributed by atoms with Gasteiger partial charge in [0.2, 0.25) is 5.91 Å². The highest BCUT2D eigenvalue weighted by atomic mass is 19.4. The van der Waals surface area contributed by atoms with Crippen molar-refractivity contribution in [1.29, 1.82) is 0 Å². The Morgan fingerprint density at radius 1 is 1.10 bits per heavy atom. The summed E-state index contributed by atoms with van der Waals surface area (Å²) in [4.78, 5) is 37.6. The van der Waals surface area contributed by atoms with Gasteiger partial charge in [0, 0.05) is 57.5 Å². The molecular formula is C27H40F3N7O4. The largest absolute Gasteiger partial charge is 0.391 e. The number of alkyl halides is 3. The molecule has 4 aliphatic rings. The number of amides is 3. The standard InChI is InChI=1S/C27H40F3N7O4/c1-36(24-22-3-4-31-23(22)32-15-33-24)26(39)35-19-12-18(13-21(14-19)40-2)34-25(38)16-9-17(27(28,29)30)11-20(10-16)37-5-7-41-8-6-37/h3-4,16-21,31-32H,5-15H2,1-2H3,(H,34,38)(H,35,39). The molecule has 2 aliphatic carbocycles. The van der Waals surface area contributed by atoms with E-state index in [9.17, 15) is 22.8 Å². The molecule has 0 aromatic carbocycles. The van der Waals surface area contributed by atoms with Gasteiger partial charge >= 0.3 is 12.2 Å². The fourth-order valence-corrected chi connectivity index (χ4v) is 6.66. The topological polar surface area (TPSA) is 123 Å². The van der Waals surface area contributed by atoms with Gasteiger partial charge in [-0.25, -0.2) is 9.79 Å². The number of urea groups is 1. The molecule has 1 aromatic rings. The summed E-state index contributed by atoms with van der Waals surface area (Å²) >= 11 is 0. The zero-order chi connectivity index (χ0) is 29.1. The second-order valence-electron chi connectivity index (χ2n) is 11.5. The number of aliphatic imine (C=N–C) groups is 1. The Morgan fingerprint density at radius 2 is 1.83 bits per heavy atom. The maximum Gasteiger partial charge on any atom is 0.391 e. The number of rotatable bonds is 5. The Hall–Kier alpha value is -2.84. The molecule has 0 radical (unpaired) electrons. The van der Waals surface area contributed by atoms with E-state index < -0.39 is 18.0 Å². The number of H-pyrrole nitrogens is 1. The number of anilines is 1. The molecule has 11 nitrogen and oxygen atoms in total. The first-order valence-electron chi connectivity index (χ1n) is 14.3. The van der Waals surface area contributed by atoms with Crippen molar-refractivity contribution in [2.24, 2.45) is 16.8 Å². The molecule has 14 heteroatoms. The molecule has 0 bridgehead atoms. The number of aromatic amines is 1. The van der Waals surface area contributed by atoms with Gasteiger partial charge < -0.3 is 30.4 Å². The highest BCUT2D eigenvalue weighted by Crippen LogP contribution is 2.42. The van der Waals surface area contributed by atoms with Crippen LogP contribution in [0.15, 0.2) is 17.3 Å². The number of carbonyl (C=O) groups is 2. The number of fused-ring (bicyclic) bond motifs is 1. The lowest BCUT2D eigenvalue weighted by molar-refractivity contribution is -0.193. The van der Waals surface area contributed by atoms with Crippen molar-refractivity contribution in [2.45, 2.75) is 68.9 Å². The number of nitrogens with one attached hydrogen (secondary N) is 4. The summed E-state index contributed by atoms with van der Waals surface area (Å²) in [6.07, 6.45) is -1.06. The number of hydrogen-bond acceptors (Lipinski definition) is 7. The molecule has 5 rings (SSSR count). The Labute approximate surface area is 237 Å². The summed E-state index contributed by atoms with van der Waals surface area (Å²) in [5.41, 5.74) is 0.789. The Kier molecular flexibility index (Phi) is 9.09. The smallest absolute Gasteiger partial charge is 0.381 e. The quantitative estimate of drug-likeness (QED) is 0.423. The zero-order valence-electron chi connectivity index (χ0n) is 23.5. The van der Waals surface area contributed by atoms with Crippen LogP contribution >= 0.6 is 0 Å². The maximum absolute atomic E-state index is 13.9. The summed E-state index contributed by atoms with van der Waals surface area (Å²) in [6, 6.07) is 0.567. The van der Waals surface area contributed by atoms with E-state index in [1.54, 1.807) is 20.4 Å². The number of halogens is 3. The third kappa shape index (κ3) is 6.97. The number of carbonyl (C=O) groups excluding carboxylic acids is 2. The van der Waals surface area contributed by atoms with Gasteiger partial charge in [-0.3, -0.25) is 14.6 Å². The van der Waals surface area contributed by atoms with Crippen LogP contribution in [0.25, 0.3) is 0 Å². The minimum atomic E-state index is -4.35. The van der Waals surface area contributed by atoms with Crippen LogP contribution in [0.5, 0.6) is 0 Å². The first-order chi connectivity index (χ1) is 19.6. The second kappa shape index (κ2) is 12.6. The average molecular weight is 584 g/mol. The van der Waals surface area contributed by atoms with Gasteiger partial charge in [-0.05, 0) is 44.6 Å². The highest BCUT2D eigenvalue weighted by Gasteiger charge is 2.48. The van der Waals surface area contributed by atoms with Crippen LogP contribution in [-0.4, -0.2) is 110 Å². The molecule has 41 heavy (non-hydrogen) atoms. The first-order valence-corrected chi connectivity index (χ1v) is 14.3. The number of aromatic nitrogens is 1. The second-order valence-corrected chi connectivity index (χ2v) is 11.5. The number of methoxy groups -OCH3 is 1. The van der Waals surface area contributed by atoms with Crippen molar-refractivity contribution < 1.29 is 32.2 Å². The Balaban J connectivity index is 1.21. The van der Waals surface area contributed by atoms with Crippen molar-refractivity contribution in [3.8, 4) is 0 Å². The molecule has 3 heterocycles. The lowest BCUT2D eigenvalue weighted by Crippen LogP contribution is -2.55. The molecule has 2 saturated carbocycles. The monoisotopic (exact) mass is 583 g/mol. The van der Waals surface area contributed by atoms with E-state index in [2.05, 4.69) is 25.9 Å². The minimum Gasteiger partial charge on any atom is -0.381 e. The highest BCUT2D eigenvalue weighted by molar-refractivity contribution is 6.10. The third-order valence-corrected chi connectivity index (χ3v) is 8.84. The fraction of sp³-hybridized carbons (Fsp3) is 0.741. The molecule has 3 amide bonds. The van der Waals surface area contributed by atoms with E-state index in [0.29, 0.717) is 64.5 Å². The SMILES string of the molecule is COC1CC(NC(=O)C2CC(N3CCOCC3)CC(C(F)(F)F)C2)CC(NC(=O)N(C)C2=NCNc3[nH]ccc32)C1. The average Bonchev–Trinajstić information content (AvgIpc) is 3.45. The van der Waals surface area contributed by atoms with Gasteiger partial charge in [-0.2, -0.15) is 13.2 Å². The normalized spacial score (nSPS) is 30.9. The summed E-state index contributed by atoms with van der Waals surface area (Å²) < 4.78 is 52.6. The molecule has 228 valence electrons. The molecule has 6 atom stereocenters. The van der Waals surface area contributed by atoms with Gasteiger partial charge in [-0.1, -0.05) is 0 Å². The number of morpholine rings is 1. The molecule has 3 fully saturated rings. The Bertz CT molecular complexity index is 1110.